The molecule has 0 bridgehead atoms. The number of imide groups is 2. The lowest BCUT2D eigenvalue weighted by Crippen LogP contribution is -2.54. The van der Waals surface area contributed by atoms with Crippen molar-refractivity contribution in [3.63, 3.8) is 0 Å². The fourth-order valence-electron chi connectivity index (χ4n) is 8.78. The second kappa shape index (κ2) is 18.3. The quantitative estimate of drug-likeness (QED) is 0.115. The Labute approximate surface area is 362 Å². The van der Waals surface area contributed by atoms with E-state index >= 15 is 0 Å². The van der Waals surface area contributed by atoms with Crippen LogP contribution >= 0.6 is 0 Å². The zero-order chi connectivity index (χ0) is 43.5. The molecule has 17 nitrogen and oxygen atoms in total. The minimum absolute atomic E-state index is 0.0197. The van der Waals surface area contributed by atoms with E-state index in [1.807, 2.05) is 45.8 Å². The van der Waals surface area contributed by atoms with Crippen LogP contribution in [-0.2, 0) is 23.9 Å². The van der Waals surface area contributed by atoms with E-state index in [4.69, 9.17) is 19.6 Å². The lowest BCUT2D eigenvalue weighted by molar-refractivity contribution is -0.136. The molecule has 326 valence electrons. The van der Waals surface area contributed by atoms with Gasteiger partial charge in [0.05, 0.1) is 61.9 Å². The molecule has 0 saturated carbocycles. The van der Waals surface area contributed by atoms with Crippen LogP contribution in [0.15, 0.2) is 79.0 Å². The van der Waals surface area contributed by atoms with Crippen LogP contribution < -0.4 is 20.4 Å². The van der Waals surface area contributed by atoms with Crippen LogP contribution in [0.2, 0.25) is 0 Å². The predicted molar refractivity (Wildman–Crippen MR) is 229 cm³/mol. The topological polar surface area (TPSA) is 184 Å². The van der Waals surface area contributed by atoms with Gasteiger partial charge in [0.25, 0.3) is 11.8 Å². The van der Waals surface area contributed by atoms with Crippen LogP contribution in [0.5, 0.6) is 0 Å². The third-order valence-electron chi connectivity index (χ3n) is 11.9. The summed E-state index contributed by atoms with van der Waals surface area (Å²) in [6.07, 6.45) is 4.07. The summed E-state index contributed by atoms with van der Waals surface area (Å²) in [4.78, 5) is 80.1. The summed E-state index contributed by atoms with van der Waals surface area (Å²) in [5.41, 5.74) is 3.99. The summed E-state index contributed by atoms with van der Waals surface area (Å²) in [6, 6.07) is 20.5. The summed E-state index contributed by atoms with van der Waals surface area (Å²) in [6.45, 7) is 4.70. The number of halogens is 1. The van der Waals surface area contributed by atoms with E-state index in [0.29, 0.717) is 63.9 Å². The Balaban J connectivity index is 0.698. The molecule has 0 aliphatic carbocycles. The predicted octanol–water partition coefficient (Wildman–Crippen LogP) is 3.86. The van der Waals surface area contributed by atoms with E-state index < -0.39 is 29.7 Å². The van der Waals surface area contributed by atoms with Gasteiger partial charge in [-0.2, -0.15) is 0 Å². The van der Waals surface area contributed by atoms with Gasteiger partial charge in [0, 0.05) is 51.4 Å². The lowest BCUT2D eigenvalue weighted by atomic mass is 10.0. The zero-order valence-corrected chi connectivity index (χ0v) is 34.6. The van der Waals surface area contributed by atoms with E-state index in [-0.39, 0.29) is 54.8 Å². The number of fused-ring (bicyclic) bond motifs is 2. The van der Waals surface area contributed by atoms with Gasteiger partial charge in [-0.15, -0.1) is 5.10 Å². The van der Waals surface area contributed by atoms with E-state index in [0.717, 1.165) is 52.9 Å². The molecule has 9 rings (SSSR count). The number of rotatable bonds is 15. The highest BCUT2D eigenvalue weighted by Gasteiger charge is 2.45. The molecule has 2 atom stereocenters. The number of carbonyl (C=O) groups excluding carboxylic acids is 5. The average Bonchev–Trinajstić information content (AvgIpc) is 4.03. The van der Waals surface area contributed by atoms with Crippen molar-refractivity contribution in [3.05, 3.63) is 102 Å². The van der Waals surface area contributed by atoms with Crippen molar-refractivity contribution >= 4 is 52.5 Å². The van der Waals surface area contributed by atoms with Gasteiger partial charge in [0.15, 0.2) is 5.65 Å². The maximum Gasteiger partial charge on any atom is 0.264 e. The molecule has 0 spiro atoms. The number of aromatic nitrogens is 4. The number of pyridine rings is 1. The molecule has 5 aromatic rings. The van der Waals surface area contributed by atoms with Gasteiger partial charge < -0.3 is 29.5 Å². The molecule has 7 heterocycles. The third kappa shape index (κ3) is 8.68. The minimum atomic E-state index is -1.03. The zero-order valence-electron chi connectivity index (χ0n) is 34.6. The SMILES string of the molecule is O=C1CCC(N2C(=O)c3cccc(NCCOCCOCCC(=O)N4CCN(c5cccc(-c6cnc7ccc(N8CCCC8c8cccc(F)c8)nn67)n5)CC4)c3C2=O)C(=O)N1. The van der Waals surface area contributed by atoms with E-state index in [1.165, 1.54) is 6.07 Å². The number of benzene rings is 2. The van der Waals surface area contributed by atoms with Crippen molar-refractivity contribution in [2.24, 2.45) is 0 Å². The minimum Gasteiger partial charge on any atom is -0.382 e. The highest BCUT2D eigenvalue weighted by Crippen LogP contribution is 2.36. The first-order valence-corrected chi connectivity index (χ1v) is 21.3. The Morgan fingerprint density at radius 1 is 0.825 bits per heavy atom. The Bertz CT molecular complexity index is 2560. The largest absolute Gasteiger partial charge is 0.382 e. The van der Waals surface area contributed by atoms with Gasteiger partial charge >= 0.3 is 0 Å². The van der Waals surface area contributed by atoms with Crippen molar-refractivity contribution in [2.75, 3.05) is 80.8 Å². The molecule has 18 heteroatoms. The van der Waals surface area contributed by atoms with Crippen LogP contribution in [0.3, 0.4) is 0 Å². The number of anilines is 3. The second-order valence-corrected chi connectivity index (χ2v) is 15.8. The Kier molecular flexibility index (Phi) is 12.1. The first kappa shape index (κ1) is 41.6. The Hall–Kier alpha value is -6.79. The number of nitrogens with zero attached hydrogens (tertiary/aromatic N) is 8. The van der Waals surface area contributed by atoms with Crippen molar-refractivity contribution in [3.8, 4) is 11.4 Å². The van der Waals surface area contributed by atoms with Gasteiger partial charge in [-0.3, -0.25) is 34.2 Å². The van der Waals surface area contributed by atoms with E-state index in [2.05, 4.69) is 25.4 Å². The summed E-state index contributed by atoms with van der Waals surface area (Å²) in [5.74, 6) is -0.842. The number of hydrogen-bond donors (Lipinski definition) is 2. The van der Waals surface area contributed by atoms with E-state index in [9.17, 15) is 28.4 Å². The van der Waals surface area contributed by atoms with Crippen molar-refractivity contribution < 1.29 is 37.8 Å². The summed E-state index contributed by atoms with van der Waals surface area (Å²) in [7, 11) is 0. The van der Waals surface area contributed by atoms with Crippen LogP contribution in [0, 0.1) is 5.82 Å². The molecule has 63 heavy (non-hydrogen) atoms. The normalized spacial score (nSPS) is 19.0. The average molecular weight is 859 g/mol. The third-order valence-corrected chi connectivity index (χ3v) is 11.9. The number of piperazine rings is 1. The van der Waals surface area contributed by atoms with Gasteiger partial charge in [-0.05, 0) is 73.4 Å². The smallest absolute Gasteiger partial charge is 0.264 e. The van der Waals surface area contributed by atoms with Gasteiger partial charge in [-0.1, -0.05) is 24.3 Å². The summed E-state index contributed by atoms with van der Waals surface area (Å²) >= 11 is 0. The van der Waals surface area contributed by atoms with Crippen LogP contribution in [0.1, 0.15) is 64.4 Å². The number of imidazole rings is 1. The van der Waals surface area contributed by atoms with Crippen LogP contribution in [0.4, 0.5) is 21.7 Å². The molecule has 0 radical (unpaired) electrons. The molecule has 2 aromatic carbocycles. The number of ether oxygens (including phenoxy) is 2. The molecule has 4 aliphatic rings. The number of piperidine rings is 1. The van der Waals surface area contributed by atoms with Crippen molar-refractivity contribution in [2.45, 2.75) is 44.2 Å². The fourth-order valence-corrected chi connectivity index (χ4v) is 8.78. The number of nitrogens with one attached hydrogen (secondary N) is 2. The lowest BCUT2D eigenvalue weighted by Gasteiger charge is -2.35. The number of carbonyl (C=O) groups is 5. The second-order valence-electron chi connectivity index (χ2n) is 15.8. The number of amides is 5. The first-order valence-electron chi connectivity index (χ1n) is 21.3. The molecular weight excluding hydrogens is 812 g/mol. The molecule has 3 saturated heterocycles. The highest BCUT2D eigenvalue weighted by atomic mass is 19.1. The molecular formula is C45H47FN10O7. The van der Waals surface area contributed by atoms with Gasteiger partial charge in [-0.25, -0.2) is 18.9 Å². The molecule has 5 amide bonds. The van der Waals surface area contributed by atoms with Crippen molar-refractivity contribution in [1.29, 1.82) is 0 Å². The Morgan fingerprint density at radius 3 is 2.46 bits per heavy atom. The number of hydrogen-bond acceptors (Lipinski definition) is 13. The molecule has 2 unspecified atom stereocenters. The monoisotopic (exact) mass is 858 g/mol. The van der Waals surface area contributed by atoms with Crippen LogP contribution in [0.25, 0.3) is 17.0 Å². The van der Waals surface area contributed by atoms with Gasteiger partial charge in [0.1, 0.15) is 29.2 Å². The van der Waals surface area contributed by atoms with E-state index in [1.54, 1.807) is 36.5 Å². The highest BCUT2D eigenvalue weighted by molar-refractivity contribution is 6.25. The molecule has 3 fully saturated rings. The standard InChI is InChI=1S/C45H47FN10O7/c46-30-6-1-5-29(27-30)34-10-4-18-54(34)39-14-13-37-48-28-36(56(37)51-39)32-8-3-11-38(49-32)52-19-21-53(22-20-52)41(58)16-23-62-25-26-63-24-17-47-33-9-2-7-31-42(33)45(61)55(44(31)60)35-12-15-40(57)50-43(35)59/h1-3,5-9,11,13-14,27-28,34-35,47H,4,10,12,15-26H2,(H,50,57,59). The molecule has 4 aliphatic heterocycles. The van der Waals surface area contributed by atoms with Crippen molar-refractivity contribution in [1.82, 2.24) is 34.7 Å². The summed E-state index contributed by atoms with van der Waals surface area (Å²) < 4.78 is 27.3. The van der Waals surface area contributed by atoms with Gasteiger partial charge in [0.2, 0.25) is 17.7 Å². The Morgan fingerprint density at radius 2 is 1.63 bits per heavy atom. The first-order chi connectivity index (χ1) is 30.7. The fraction of sp³-hybridized carbons (Fsp3) is 0.378. The van der Waals surface area contributed by atoms with Crippen LogP contribution in [-0.4, -0.2) is 131 Å². The molecule has 3 aromatic heterocycles. The molecule has 2 N–H and O–H groups in total. The summed E-state index contributed by atoms with van der Waals surface area (Å²) in [5, 5.41) is 10.3. The maximum absolute atomic E-state index is 14.1. The maximum atomic E-state index is 14.1.